The third-order valence-corrected chi connectivity index (χ3v) is 6.96. The van der Waals surface area contributed by atoms with Crippen LogP contribution >= 0.6 is 0 Å². The molecule has 1 aromatic carbocycles. The van der Waals surface area contributed by atoms with Gasteiger partial charge in [0.15, 0.2) is 0 Å². The number of nitrogens with zero attached hydrogens (tertiary/aromatic N) is 6. The van der Waals surface area contributed by atoms with Crippen molar-refractivity contribution in [3.8, 4) is 11.3 Å². The number of hydrogen-bond donors (Lipinski definition) is 2. The Morgan fingerprint density at radius 3 is 2.64 bits per heavy atom. The highest BCUT2D eigenvalue weighted by atomic mass is 16.6. The van der Waals surface area contributed by atoms with Crippen molar-refractivity contribution in [3.05, 3.63) is 60.2 Å². The van der Waals surface area contributed by atoms with Crippen LogP contribution in [0.15, 0.2) is 48.9 Å². The average Bonchev–Trinajstić information content (AvgIpc) is 3.68. The summed E-state index contributed by atoms with van der Waals surface area (Å²) in [6, 6.07) is 12.3. The van der Waals surface area contributed by atoms with Crippen molar-refractivity contribution >= 4 is 28.9 Å². The molecule has 4 aromatic rings. The lowest BCUT2D eigenvalue weighted by Crippen LogP contribution is -2.49. The van der Waals surface area contributed by atoms with Gasteiger partial charge in [-0.25, -0.2) is 24.7 Å². The number of nitrogens with one attached hydrogen (secondary N) is 2. The fourth-order valence-corrected chi connectivity index (χ4v) is 4.80. The zero-order chi connectivity index (χ0) is 27.0. The van der Waals surface area contributed by atoms with Crippen LogP contribution in [0.4, 0.5) is 16.6 Å². The van der Waals surface area contributed by atoms with Gasteiger partial charge in [0, 0.05) is 56.1 Å². The van der Waals surface area contributed by atoms with Crippen LogP contribution in [0, 0.1) is 0 Å². The Morgan fingerprint density at radius 2 is 1.87 bits per heavy atom. The molecule has 202 valence electrons. The zero-order valence-corrected chi connectivity index (χ0v) is 22.6. The molecule has 2 fully saturated rings. The molecule has 1 aliphatic carbocycles. The van der Waals surface area contributed by atoms with Gasteiger partial charge in [0.25, 0.3) is 0 Å². The van der Waals surface area contributed by atoms with E-state index in [2.05, 4.69) is 42.3 Å². The van der Waals surface area contributed by atoms with Crippen LogP contribution in [-0.2, 0) is 11.3 Å². The van der Waals surface area contributed by atoms with Crippen LogP contribution in [-0.4, -0.2) is 72.6 Å². The van der Waals surface area contributed by atoms with Crippen molar-refractivity contribution in [3.63, 3.8) is 0 Å². The van der Waals surface area contributed by atoms with Gasteiger partial charge in [0.2, 0.25) is 5.95 Å². The van der Waals surface area contributed by atoms with Gasteiger partial charge in [-0.05, 0) is 69.5 Å². The number of aromatic amines is 1. The van der Waals surface area contributed by atoms with E-state index in [1.165, 1.54) is 12.8 Å². The number of ether oxygens (including phenoxy) is 1. The molecule has 1 saturated heterocycles. The van der Waals surface area contributed by atoms with Crippen LogP contribution in [0.1, 0.15) is 50.8 Å². The topological polar surface area (TPSA) is 112 Å². The van der Waals surface area contributed by atoms with Gasteiger partial charge in [-0.1, -0.05) is 6.07 Å². The Bertz CT molecular complexity index is 1480. The second-order valence-electron chi connectivity index (χ2n) is 11.3. The number of rotatable bonds is 6. The molecule has 10 heteroatoms. The molecular weight excluding hydrogens is 492 g/mol. The van der Waals surface area contributed by atoms with E-state index in [1.54, 1.807) is 11.2 Å². The van der Waals surface area contributed by atoms with Gasteiger partial charge >= 0.3 is 6.09 Å². The van der Waals surface area contributed by atoms with Crippen LogP contribution in [0.25, 0.3) is 22.3 Å². The Hall–Kier alpha value is -4.05. The first-order chi connectivity index (χ1) is 18.8. The number of benzene rings is 1. The molecule has 39 heavy (non-hydrogen) atoms. The van der Waals surface area contributed by atoms with Crippen molar-refractivity contribution in [2.45, 2.75) is 51.7 Å². The summed E-state index contributed by atoms with van der Waals surface area (Å²) < 4.78 is 5.51. The lowest BCUT2D eigenvalue weighted by molar-refractivity contribution is 0.0139. The highest BCUT2D eigenvalue weighted by Crippen LogP contribution is 2.39. The Balaban J connectivity index is 1.09. The lowest BCUT2D eigenvalue weighted by atomic mass is 10.1. The molecule has 0 bridgehead atoms. The zero-order valence-electron chi connectivity index (χ0n) is 22.6. The fraction of sp³-hybridized carbons (Fsp3) is 0.414. The van der Waals surface area contributed by atoms with Crippen LogP contribution in [0.2, 0.25) is 0 Å². The quantitative estimate of drug-likeness (QED) is 0.357. The predicted molar refractivity (Wildman–Crippen MR) is 150 cm³/mol. The summed E-state index contributed by atoms with van der Waals surface area (Å²) in [7, 11) is 0. The molecule has 10 nitrogen and oxygen atoms in total. The van der Waals surface area contributed by atoms with Gasteiger partial charge < -0.3 is 19.9 Å². The molecule has 4 heterocycles. The normalized spacial score (nSPS) is 16.4. The number of piperazine rings is 1. The van der Waals surface area contributed by atoms with Crippen molar-refractivity contribution in [1.82, 2.24) is 34.7 Å². The van der Waals surface area contributed by atoms with E-state index in [0.29, 0.717) is 25.0 Å². The third kappa shape index (κ3) is 6.17. The van der Waals surface area contributed by atoms with Crippen LogP contribution in [0.5, 0.6) is 0 Å². The SMILES string of the molecule is CC(C)(C)OC(=O)N1CCN(Cc2ccnc(Nc3nc4ccc(-c5cc(C6CC6)ncn5)cc4[nH]3)c2)CC1. The lowest BCUT2D eigenvalue weighted by Gasteiger charge is -2.35. The Labute approximate surface area is 227 Å². The minimum absolute atomic E-state index is 0.240. The number of H-pyrrole nitrogens is 1. The summed E-state index contributed by atoms with van der Waals surface area (Å²) in [4.78, 5) is 37.9. The van der Waals surface area contributed by atoms with E-state index >= 15 is 0 Å². The molecule has 0 radical (unpaired) electrons. The largest absolute Gasteiger partial charge is 0.444 e. The van der Waals surface area contributed by atoms with Crippen molar-refractivity contribution in [1.29, 1.82) is 0 Å². The summed E-state index contributed by atoms with van der Waals surface area (Å²) in [5, 5.41) is 3.31. The Morgan fingerprint density at radius 1 is 1.05 bits per heavy atom. The molecule has 1 aliphatic heterocycles. The minimum atomic E-state index is -0.479. The molecule has 0 spiro atoms. The first kappa shape index (κ1) is 25.2. The molecule has 0 unspecified atom stereocenters. The second-order valence-corrected chi connectivity index (χ2v) is 11.3. The van der Waals surface area contributed by atoms with E-state index in [9.17, 15) is 4.79 Å². The summed E-state index contributed by atoms with van der Waals surface area (Å²) in [6.07, 6.45) is 5.65. The highest BCUT2D eigenvalue weighted by Gasteiger charge is 2.26. The number of hydrogen-bond acceptors (Lipinski definition) is 8. The van der Waals surface area contributed by atoms with Gasteiger partial charge in [-0.15, -0.1) is 0 Å². The predicted octanol–water partition coefficient (Wildman–Crippen LogP) is 5.09. The molecule has 6 rings (SSSR count). The van der Waals surface area contributed by atoms with Crippen molar-refractivity contribution in [2.75, 3.05) is 31.5 Å². The molecule has 2 N–H and O–H groups in total. The first-order valence-electron chi connectivity index (χ1n) is 13.5. The second kappa shape index (κ2) is 10.3. The summed E-state index contributed by atoms with van der Waals surface area (Å²) >= 11 is 0. The van der Waals surface area contributed by atoms with Gasteiger partial charge in [-0.2, -0.15) is 0 Å². The number of carbonyl (C=O) groups excluding carboxylic acids is 1. The molecule has 2 aliphatic rings. The number of pyridine rings is 1. The van der Waals surface area contributed by atoms with Crippen LogP contribution in [0.3, 0.4) is 0 Å². The summed E-state index contributed by atoms with van der Waals surface area (Å²) in [5.74, 6) is 1.95. The third-order valence-electron chi connectivity index (χ3n) is 6.96. The maximum absolute atomic E-state index is 12.3. The van der Waals surface area contributed by atoms with E-state index in [0.717, 1.165) is 59.0 Å². The Kier molecular flexibility index (Phi) is 6.64. The maximum atomic E-state index is 12.3. The molecular formula is C29H34N8O2. The summed E-state index contributed by atoms with van der Waals surface area (Å²) in [5.41, 5.74) is 5.56. The smallest absolute Gasteiger partial charge is 0.410 e. The number of fused-ring (bicyclic) bond motifs is 1. The maximum Gasteiger partial charge on any atom is 0.410 e. The number of carbonyl (C=O) groups is 1. The molecule has 1 saturated carbocycles. The van der Waals surface area contributed by atoms with Crippen molar-refractivity contribution < 1.29 is 9.53 Å². The first-order valence-corrected chi connectivity index (χ1v) is 13.5. The standard InChI is InChI=1S/C29H34N8O2/c1-29(2,3)39-28(38)37-12-10-36(11-13-37)17-19-8-9-30-26(14-19)35-27-33-22-7-6-21(15-25(22)34-27)24-16-23(20-4-5-20)31-18-32-24/h6-9,14-16,18,20H,4-5,10-13,17H2,1-3H3,(H2,30,33,34,35). The molecule has 0 atom stereocenters. The minimum Gasteiger partial charge on any atom is -0.444 e. The molecule has 1 amide bonds. The number of imidazole rings is 1. The van der Waals surface area contributed by atoms with E-state index in [1.807, 2.05) is 51.2 Å². The van der Waals surface area contributed by atoms with E-state index in [4.69, 9.17) is 9.72 Å². The van der Waals surface area contributed by atoms with E-state index in [-0.39, 0.29) is 6.09 Å². The number of aromatic nitrogens is 5. The van der Waals surface area contributed by atoms with Gasteiger partial charge in [0.05, 0.1) is 16.7 Å². The van der Waals surface area contributed by atoms with Gasteiger partial charge in [-0.3, -0.25) is 4.90 Å². The monoisotopic (exact) mass is 526 g/mol. The number of amides is 1. The van der Waals surface area contributed by atoms with Gasteiger partial charge in [0.1, 0.15) is 17.7 Å². The fourth-order valence-electron chi connectivity index (χ4n) is 4.80. The van der Waals surface area contributed by atoms with Crippen LogP contribution < -0.4 is 5.32 Å². The highest BCUT2D eigenvalue weighted by molar-refractivity contribution is 5.83. The number of anilines is 2. The average molecular weight is 527 g/mol. The van der Waals surface area contributed by atoms with Crippen molar-refractivity contribution in [2.24, 2.45) is 0 Å². The molecule has 3 aromatic heterocycles. The van der Waals surface area contributed by atoms with E-state index < -0.39 is 5.60 Å². The summed E-state index contributed by atoms with van der Waals surface area (Å²) in [6.45, 7) is 9.36.